The van der Waals surface area contributed by atoms with Crippen LogP contribution in [0.1, 0.15) is 30.4 Å². The van der Waals surface area contributed by atoms with Gasteiger partial charge in [0.15, 0.2) is 10.8 Å². The molecular formula is C18H23BrClN5OS. The molecule has 146 valence electrons. The van der Waals surface area contributed by atoms with Crippen LogP contribution < -0.4 is 4.90 Å². The Kier molecular flexibility index (Phi) is 7.39. The number of benzene rings is 1. The molecule has 0 saturated carbocycles. The Bertz CT molecular complexity index is 924. The second-order valence-corrected chi connectivity index (χ2v) is 8.57. The van der Waals surface area contributed by atoms with Crippen LogP contribution in [0, 0.1) is 0 Å². The summed E-state index contributed by atoms with van der Waals surface area (Å²) in [5, 5.41) is 5.13. The molecule has 2 heterocycles. The fourth-order valence-electron chi connectivity index (χ4n) is 2.46. The minimum absolute atomic E-state index is 0. The second-order valence-electron chi connectivity index (χ2n) is 6.64. The first-order valence-corrected chi connectivity index (χ1v) is 10.0. The molecule has 3 rings (SSSR count). The van der Waals surface area contributed by atoms with Crippen LogP contribution in [0.3, 0.4) is 0 Å². The molecule has 27 heavy (non-hydrogen) atoms. The molecule has 0 aliphatic heterocycles. The smallest absolute Gasteiger partial charge is 0.280 e. The van der Waals surface area contributed by atoms with Crippen molar-refractivity contribution in [3.8, 4) is 0 Å². The van der Waals surface area contributed by atoms with Crippen LogP contribution >= 0.6 is 39.7 Å². The number of anilines is 1. The molecule has 1 aromatic carbocycles. The zero-order chi connectivity index (χ0) is 18.8. The van der Waals surface area contributed by atoms with Gasteiger partial charge < -0.3 is 4.90 Å². The first-order valence-electron chi connectivity index (χ1n) is 8.43. The van der Waals surface area contributed by atoms with Crippen LogP contribution in [-0.2, 0) is 0 Å². The van der Waals surface area contributed by atoms with Crippen LogP contribution in [-0.4, -0.2) is 52.8 Å². The predicted molar refractivity (Wildman–Crippen MR) is 117 cm³/mol. The summed E-state index contributed by atoms with van der Waals surface area (Å²) >= 11 is 5.01. The number of amides is 1. The summed E-state index contributed by atoms with van der Waals surface area (Å²) in [6, 6.07) is 7.93. The average molecular weight is 473 g/mol. The minimum atomic E-state index is -0.121. The maximum atomic E-state index is 13.1. The van der Waals surface area contributed by atoms with Crippen LogP contribution in [0.5, 0.6) is 0 Å². The highest BCUT2D eigenvalue weighted by Crippen LogP contribution is 2.31. The first-order chi connectivity index (χ1) is 12.3. The van der Waals surface area contributed by atoms with E-state index in [1.807, 2.05) is 52.3 Å². The lowest BCUT2D eigenvalue weighted by Crippen LogP contribution is -2.37. The standard InChI is InChI=1S/C18H22BrN5OS.ClH/c1-12(2)24-8-7-15(21-24)17(25)23(10-9-22(3)4)18-20-14-6-5-13(19)11-16(14)26-18;/h5-8,11-12H,9-10H2,1-4H3;1H. The summed E-state index contributed by atoms with van der Waals surface area (Å²) in [6.45, 7) is 5.38. The van der Waals surface area contributed by atoms with Gasteiger partial charge in [0.25, 0.3) is 5.91 Å². The molecule has 0 atom stereocenters. The predicted octanol–water partition coefficient (Wildman–Crippen LogP) is 4.47. The van der Waals surface area contributed by atoms with E-state index in [0.717, 1.165) is 21.2 Å². The second kappa shape index (κ2) is 9.14. The van der Waals surface area contributed by atoms with Crippen LogP contribution in [0.15, 0.2) is 34.9 Å². The number of halogens is 2. The van der Waals surface area contributed by atoms with Gasteiger partial charge in [-0.25, -0.2) is 4.98 Å². The number of fused-ring (bicyclic) bond motifs is 1. The van der Waals surface area contributed by atoms with Gasteiger partial charge in [0.05, 0.1) is 10.2 Å². The average Bonchev–Trinajstić information content (AvgIpc) is 3.20. The zero-order valence-corrected chi connectivity index (χ0v) is 18.9. The number of hydrogen-bond acceptors (Lipinski definition) is 5. The highest BCUT2D eigenvalue weighted by molar-refractivity contribution is 9.10. The molecule has 0 fully saturated rings. The number of aromatic nitrogens is 3. The lowest BCUT2D eigenvalue weighted by atomic mass is 10.3. The normalized spacial score (nSPS) is 11.2. The van der Waals surface area contributed by atoms with Gasteiger partial charge in [0.1, 0.15) is 0 Å². The van der Waals surface area contributed by atoms with E-state index in [0.29, 0.717) is 17.4 Å². The van der Waals surface area contributed by atoms with Crippen molar-refractivity contribution < 1.29 is 4.79 Å². The Morgan fingerprint density at radius 3 is 2.63 bits per heavy atom. The number of nitrogens with zero attached hydrogens (tertiary/aromatic N) is 5. The molecule has 0 saturated heterocycles. The van der Waals surface area contributed by atoms with Crippen molar-refractivity contribution in [3.63, 3.8) is 0 Å². The van der Waals surface area contributed by atoms with Gasteiger partial charge in [0.2, 0.25) is 0 Å². The van der Waals surface area contributed by atoms with Gasteiger partial charge in [-0.15, -0.1) is 12.4 Å². The molecule has 0 N–H and O–H groups in total. The van der Waals surface area contributed by atoms with E-state index in [1.54, 1.807) is 15.6 Å². The van der Waals surface area contributed by atoms with Gasteiger partial charge in [-0.2, -0.15) is 5.10 Å². The van der Waals surface area contributed by atoms with Crippen molar-refractivity contribution >= 4 is 60.9 Å². The zero-order valence-electron chi connectivity index (χ0n) is 15.7. The summed E-state index contributed by atoms with van der Waals surface area (Å²) < 4.78 is 3.85. The molecule has 0 unspecified atom stereocenters. The third-order valence-corrected chi connectivity index (χ3v) is 5.48. The van der Waals surface area contributed by atoms with Crippen LogP contribution in [0.2, 0.25) is 0 Å². The molecule has 0 bridgehead atoms. The highest BCUT2D eigenvalue weighted by Gasteiger charge is 2.23. The number of hydrogen-bond donors (Lipinski definition) is 0. The third kappa shape index (κ3) is 5.07. The van der Waals surface area contributed by atoms with Crippen molar-refractivity contribution in [1.82, 2.24) is 19.7 Å². The molecular weight excluding hydrogens is 450 g/mol. The van der Waals surface area contributed by atoms with E-state index in [9.17, 15) is 4.79 Å². The van der Waals surface area contributed by atoms with E-state index in [-0.39, 0.29) is 24.4 Å². The molecule has 2 aromatic heterocycles. The van der Waals surface area contributed by atoms with Gasteiger partial charge in [0, 0.05) is 29.8 Å². The number of thiazole rings is 1. The maximum absolute atomic E-state index is 13.1. The fraction of sp³-hybridized carbons (Fsp3) is 0.389. The van der Waals surface area contributed by atoms with Gasteiger partial charge in [-0.1, -0.05) is 27.3 Å². The Labute approximate surface area is 177 Å². The lowest BCUT2D eigenvalue weighted by Gasteiger charge is -2.21. The largest absolute Gasteiger partial charge is 0.308 e. The maximum Gasteiger partial charge on any atom is 0.280 e. The summed E-state index contributed by atoms with van der Waals surface area (Å²) in [5.74, 6) is -0.121. The monoisotopic (exact) mass is 471 g/mol. The van der Waals surface area contributed by atoms with Gasteiger partial charge >= 0.3 is 0 Å². The number of carbonyl (C=O) groups excluding carboxylic acids is 1. The molecule has 0 aliphatic rings. The Morgan fingerprint density at radius 1 is 1.26 bits per heavy atom. The van der Waals surface area contributed by atoms with E-state index >= 15 is 0 Å². The lowest BCUT2D eigenvalue weighted by molar-refractivity contribution is 0.0979. The van der Waals surface area contributed by atoms with E-state index in [4.69, 9.17) is 0 Å². The van der Waals surface area contributed by atoms with Crippen LogP contribution in [0.25, 0.3) is 10.2 Å². The van der Waals surface area contributed by atoms with Crippen LogP contribution in [0.4, 0.5) is 5.13 Å². The van der Waals surface area contributed by atoms with Gasteiger partial charge in [-0.05, 0) is 52.2 Å². The SMILES string of the molecule is CC(C)n1ccc(C(=O)N(CCN(C)C)c2nc3ccc(Br)cc3s2)n1.Cl. The van der Waals surface area contributed by atoms with Crippen molar-refractivity contribution in [1.29, 1.82) is 0 Å². The van der Waals surface area contributed by atoms with Crippen molar-refractivity contribution in [3.05, 3.63) is 40.6 Å². The molecule has 9 heteroatoms. The highest BCUT2D eigenvalue weighted by atomic mass is 79.9. The Balaban J connectivity index is 0.00000261. The molecule has 1 amide bonds. The molecule has 6 nitrogen and oxygen atoms in total. The number of likely N-dealkylation sites (N-methyl/N-ethyl adjacent to an activating group) is 1. The van der Waals surface area contributed by atoms with Crippen molar-refractivity contribution in [2.75, 3.05) is 32.1 Å². The van der Waals surface area contributed by atoms with E-state index < -0.39 is 0 Å². The summed E-state index contributed by atoms with van der Waals surface area (Å²) in [6.07, 6.45) is 1.84. The Morgan fingerprint density at radius 2 is 2.00 bits per heavy atom. The van der Waals surface area contributed by atoms with Crippen molar-refractivity contribution in [2.45, 2.75) is 19.9 Å². The van der Waals surface area contributed by atoms with Crippen molar-refractivity contribution in [2.24, 2.45) is 0 Å². The quantitative estimate of drug-likeness (QED) is 0.531. The molecule has 0 aliphatic carbocycles. The first kappa shape index (κ1) is 21.8. The van der Waals surface area contributed by atoms with Gasteiger partial charge in [-0.3, -0.25) is 14.4 Å². The molecule has 0 radical (unpaired) electrons. The molecule has 0 spiro atoms. The summed E-state index contributed by atoms with van der Waals surface area (Å²) in [7, 11) is 3.98. The topological polar surface area (TPSA) is 54.3 Å². The number of carbonyl (C=O) groups is 1. The summed E-state index contributed by atoms with van der Waals surface area (Å²) in [4.78, 5) is 21.6. The van der Waals surface area contributed by atoms with E-state index in [2.05, 4.69) is 30.9 Å². The number of rotatable bonds is 6. The van der Waals surface area contributed by atoms with E-state index in [1.165, 1.54) is 11.3 Å². The Hall–Kier alpha value is -1.48. The molecule has 3 aromatic rings. The summed E-state index contributed by atoms with van der Waals surface area (Å²) in [5.41, 5.74) is 1.33. The fourth-order valence-corrected chi connectivity index (χ4v) is 4.01. The minimum Gasteiger partial charge on any atom is -0.308 e. The third-order valence-electron chi connectivity index (χ3n) is 3.94.